The average molecular weight is 281 g/mol. The van der Waals surface area contributed by atoms with Crippen LogP contribution in [0.15, 0.2) is 6.20 Å². The molecule has 1 fully saturated rings. The second-order valence-corrected chi connectivity index (χ2v) is 5.09. The maximum atomic E-state index is 11.9. The first-order valence-electron chi connectivity index (χ1n) is 7.14. The number of nitrogens with one attached hydrogen (secondary N) is 1. The number of hydrogen-bond acceptors (Lipinski definition) is 4. The third kappa shape index (κ3) is 4.05. The molecule has 1 unspecified atom stereocenters. The molecule has 1 aliphatic heterocycles. The topological polar surface area (TPSA) is 65.4 Å². The van der Waals surface area contributed by atoms with Crippen LogP contribution < -0.4 is 5.32 Å². The molecule has 112 valence electrons. The van der Waals surface area contributed by atoms with Gasteiger partial charge in [-0.1, -0.05) is 0 Å². The first-order valence-corrected chi connectivity index (χ1v) is 7.14. The predicted octanol–water partition coefficient (Wildman–Crippen LogP) is 1.04. The van der Waals surface area contributed by atoms with Gasteiger partial charge in [0.05, 0.1) is 24.5 Å². The quantitative estimate of drug-likeness (QED) is 0.759. The van der Waals surface area contributed by atoms with E-state index in [1.807, 2.05) is 14.0 Å². The molecule has 20 heavy (non-hydrogen) atoms. The fourth-order valence-corrected chi connectivity index (χ4v) is 2.18. The van der Waals surface area contributed by atoms with Crippen LogP contribution >= 0.6 is 0 Å². The van der Waals surface area contributed by atoms with Gasteiger partial charge in [-0.25, -0.2) is 0 Å². The second-order valence-electron chi connectivity index (χ2n) is 5.09. The van der Waals surface area contributed by atoms with Crippen LogP contribution in [0.3, 0.4) is 0 Å². The van der Waals surface area contributed by atoms with E-state index < -0.39 is 0 Å². The van der Waals surface area contributed by atoms with Crippen molar-refractivity contribution >= 4 is 5.91 Å². The van der Waals surface area contributed by atoms with E-state index in [-0.39, 0.29) is 12.0 Å². The van der Waals surface area contributed by atoms with Crippen LogP contribution in [-0.4, -0.2) is 48.2 Å². The third-order valence-corrected chi connectivity index (χ3v) is 3.56. The molecule has 0 aromatic carbocycles. The molecular formula is C14H23N3O3. The van der Waals surface area contributed by atoms with Crippen LogP contribution in [0.2, 0.25) is 0 Å². The Hall–Kier alpha value is -1.40. The van der Waals surface area contributed by atoms with Gasteiger partial charge in [-0.3, -0.25) is 9.48 Å². The molecule has 0 radical (unpaired) electrons. The Labute approximate surface area is 119 Å². The average Bonchev–Trinajstić information content (AvgIpc) is 3.05. The zero-order chi connectivity index (χ0) is 14.4. The van der Waals surface area contributed by atoms with Crippen molar-refractivity contribution in [1.29, 1.82) is 0 Å². The number of carbonyl (C=O) groups excluding carboxylic acids is 1. The van der Waals surface area contributed by atoms with Gasteiger partial charge < -0.3 is 14.8 Å². The molecule has 0 spiro atoms. The number of amides is 1. The van der Waals surface area contributed by atoms with Crippen LogP contribution in [-0.2, 0) is 16.5 Å². The maximum absolute atomic E-state index is 11.9. The smallest absolute Gasteiger partial charge is 0.254 e. The molecule has 1 aromatic heterocycles. The molecule has 2 heterocycles. The number of ether oxygens (including phenoxy) is 2. The zero-order valence-electron chi connectivity index (χ0n) is 12.2. The molecule has 1 aromatic rings. The van der Waals surface area contributed by atoms with Crippen molar-refractivity contribution in [3.63, 3.8) is 0 Å². The summed E-state index contributed by atoms with van der Waals surface area (Å²) in [6.07, 6.45) is 4.89. The van der Waals surface area contributed by atoms with E-state index >= 15 is 0 Å². The molecule has 0 saturated carbocycles. The van der Waals surface area contributed by atoms with Gasteiger partial charge in [0.25, 0.3) is 5.91 Å². The number of carbonyl (C=O) groups is 1. The first-order chi connectivity index (χ1) is 9.68. The summed E-state index contributed by atoms with van der Waals surface area (Å²) in [4.78, 5) is 11.9. The molecule has 6 nitrogen and oxygen atoms in total. The molecule has 0 aliphatic carbocycles. The summed E-state index contributed by atoms with van der Waals surface area (Å²) in [6.45, 7) is 4.65. The van der Waals surface area contributed by atoms with Gasteiger partial charge >= 0.3 is 0 Å². The lowest BCUT2D eigenvalue weighted by Crippen LogP contribution is -2.26. The van der Waals surface area contributed by atoms with Crippen molar-refractivity contribution in [2.24, 2.45) is 7.05 Å². The summed E-state index contributed by atoms with van der Waals surface area (Å²) in [5.74, 6) is -0.0743. The van der Waals surface area contributed by atoms with E-state index in [0.29, 0.717) is 25.3 Å². The van der Waals surface area contributed by atoms with Crippen LogP contribution in [0.5, 0.6) is 0 Å². The lowest BCUT2D eigenvalue weighted by atomic mass is 10.2. The normalized spacial score (nSPS) is 18.4. The highest BCUT2D eigenvalue weighted by Crippen LogP contribution is 2.11. The molecule has 1 atom stereocenters. The molecule has 0 bridgehead atoms. The summed E-state index contributed by atoms with van der Waals surface area (Å²) in [5.41, 5.74) is 1.50. The fourth-order valence-electron chi connectivity index (χ4n) is 2.18. The standard InChI is InChI=1S/C14H23N3O3/c1-11-13(9-16-17(11)2)14(18)15-6-4-7-19-10-12-5-3-8-20-12/h9,12H,3-8,10H2,1-2H3,(H,15,18). The van der Waals surface area contributed by atoms with Gasteiger partial charge in [0.2, 0.25) is 0 Å². The molecule has 1 amide bonds. The van der Waals surface area contributed by atoms with Crippen molar-refractivity contribution < 1.29 is 14.3 Å². The maximum Gasteiger partial charge on any atom is 0.254 e. The summed E-state index contributed by atoms with van der Waals surface area (Å²) in [5, 5.41) is 6.93. The van der Waals surface area contributed by atoms with Gasteiger partial charge in [-0.2, -0.15) is 5.10 Å². The van der Waals surface area contributed by atoms with E-state index in [2.05, 4.69) is 10.4 Å². The second kappa shape index (κ2) is 7.40. The van der Waals surface area contributed by atoms with Gasteiger partial charge in [0.15, 0.2) is 0 Å². The minimum atomic E-state index is -0.0743. The van der Waals surface area contributed by atoms with Crippen LogP contribution in [0.25, 0.3) is 0 Å². The first kappa shape index (κ1) is 15.0. The van der Waals surface area contributed by atoms with Crippen LogP contribution in [0.4, 0.5) is 0 Å². The summed E-state index contributed by atoms with van der Waals surface area (Å²) >= 11 is 0. The Morgan fingerprint density at radius 2 is 2.50 bits per heavy atom. The Kier molecular flexibility index (Phi) is 5.55. The molecule has 6 heteroatoms. The van der Waals surface area contributed by atoms with E-state index in [1.54, 1.807) is 10.9 Å². The molecule has 1 N–H and O–H groups in total. The van der Waals surface area contributed by atoms with Crippen molar-refractivity contribution in [3.05, 3.63) is 17.5 Å². The highest BCUT2D eigenvalue weighted by molar-refractivity contribution is 5.94. The van der Waals surface area contributed by atoms with Gasteiger partial charge in [0, 0.05) is 32.5 Å². The van der Waals surface area contributed by atoms with Gasteiger partial charge in [-0.15, -0.1) is 0 Å². The monoisotopic (exact) mass is 281 g/mol. The van der Waals surface area contributed by atoms with E-state index in [1.165, 1.54) is 0 Å². The van der Waals surface area contributed by atoms with E-state index in [9.17, 15) is 4.79 Å². The number of aromatic nitrogens is 2. The Morgan fingerprint density at radius 3 is 3.15 bits per heavy atom. The number of nitrogens with zero attached hydrogens (tertiary/aromatic N) is 2. The Morgan fingerprint density at radius 1 is 1.65 bits per heavy atom. The molecule has 1 aliphatic rings. The minimum absolute atomic E-state index is 0.0743. The minimum Gasteiger partial charge on any atom is -0.379 e. The van der Waals surface area contributed by atoms with Gasteiger partial charge in [0.1, 0.15) is 0 Å². The lowest BCUT2D eigenvalue weighted by molar-refractivity contribution is 0.0166. The molecular weight excluding hydrogens is 258 g/mol. The Balaban J connectivity index is 1.56. The predicted molar refractivity (Wildman–Crippen MR) is 74.7 cm³/mol. The summed E-state index contributed by atoms with van der Waals surface area (Å²) in [6, 6.07) is 0. The van der Waals surface area contributed by atoms with Crippen molar-refractivity contribution in [2.75, 3.05) is 26.4 Å². The van der Waals surface area contributed by atoms with E-state index in [0.717, 1.165) is 31.6 Å². The zero-order valence-corrected chi connectivity index (χ0v) is 12.2. The highest BCUT2D eigenvalue weighted by atomic mass is 16.5. The van der Waals surface area contributed by atoms with E-state index in [4.69, 9.17) is 9.47 Å². The number of aryl methyl sites for hydroxylation is 1. The number of hydrogen-bond donors (Lipinski definition) is 1. The van der Waals surface area contributed by atoms with Crippen LogP contribution in [0, 0.1) is 6.92 Å². The fraction of sp³-hybridized carbons (Fsp3) is 0.714. The van der Waals surface area contributed by atoms with Crippen LogP contribution in [0.1, 0.15) is 35.3 Å². The lowest BCUT2D eigenvalue weighted by Gasteiger charge is -2.10. The summed E-state index contributed by atoms with van der Waals surface area (Å²) in [7, 11) is 1.82. The third-order valence-electron chi connectivity index (χ3n) is 3.56. The summed E-state index contributed by atoms with van der Waals surface area (Å²) < 4.78 is 12.7. The number of rotatable bonds is 7. The van der Waals surface area contributed by atoms with Crippen molar-refractivity contribution in [3.8, 4) is 0 Å². The molecule has 1 saturated heterocycles. The largest absolute Gasteiger partial charge is 0.379 e. The van der Waals surface area contributed by atoms with Gasteiger partial charge in [-0.05, 0) is 26.2 Å². The highest BCUT2D eigenvalue weighted by Gasteiger charge is 2.15. The van der Waals surface area contributed by atoms with Crippen molar-refractivity contribution in [2.45, 2.75) is 32.3 Å². The molecule has 2 rings (SSSR count). The SMILES string of the molecule is Cc1c(C(=O)NCCCOCC2CCCO2)cnn1C. The van der Waals surface area contributed by atoms with Crippen molar-refractivity contribution in [1.82, 2.24) is 15.1 Å². The Bertz CT molecular complexity index is 439.